The Morgan fingerprint density at radius 3 is 2.53 bits per heavy atom. The first-order valence-corrected chi connectivity index (χ1v) is 4.41. The van der Waals surface area contributed by atoms with Crippen molar-refractivity contribution in [3.05, 3.63) is 35.4 Å². The first-order valence-electron chi connectivity index (χ1n) is 4.41. The lowest BCUT2D eigenvalue weighted by molar-refractivity contribution is -0.137. The maximum absolute atomic E-state index is 12.4. The van der Waals surface area contributed by atoms with Gasteiger partial charge in [0.2, 0.25) is 0 Å². The van der Waals surface area contributed by atoms with Crippen molar-refractivity contribution in [3.63, 3.8) is 0 Å². The second kappa shape index (κ2) is 4.63. The zero-order chi connectivity index (χ0) is 11.5. The van der Waals surface area contributed by atoms with Gasteiger partial charge in [-0.25, -0.2) is 0 Å². The minimum absolute atomic E-state index is 0.280. The van der Waals surface area contributed by atoms with E-state index in [1.54, 1.807) is 13.0 Å². The lowest BCUT2D eigenvalue weighted by atomic mass is 10.1. The van der Waals surface area contributed by atoms with Gasteiger partial charge in [-0.2, -0.15) is 18.7 Å². The fourth-order valence-electron chi connectivity index (χ4n) is 1.23. The Labute approximate surface area is 86.0 Å². The molecule has 0 radical (unpaired) electrons. The largest absolute Gasteiger partial charge is 0.416 e. The van der Waals surface area contributed by atoms with E-state index in [2.05, 4.69) is 10.3 Å². The van der Waals surface area contributed by atoms with Gasteiger partial charge in [0, 0.05) is 0 Å². The summed E-state index contributed by atoms with van der Waals surface area (Å²) in [5.41, 5.74) is 2.46. The zero-order valence-electron chi connectivity index (χ0n) is 8.43. The molecule has 0 spiro atoms. The molecule has 0 aliphatic heterocycles. The van der Waals surface area contributed by atoms with Crippen LogP contribution in [0.5, 0.6) is 0 Å². The lowest BCUT2D eigenvalue weighted by Crippen LogP contribution is -2.17. The third-order valence-corrected chi connectivity index (χ3v) is 2.01. The second-order valence-electron chi connectivity index (χ2n) is 3.17. The molecule has 15 heavy (non-hydrogen) atoms. The van der Waals surface area contributed by atoms with Crippen LogP contribution in [0.2, 0.25) is 0 Å². The van der Waals surface area contributed by atoms with Crippen LogP contribution in [0.15, 0.2) is 24.3 Å². The summed E-state index contributed by atoms with van der Waals surface area (Å²) in [5, 5.41) is 0. The maximum Gasteiger partial charge on any atom is 0.416 e. The number of rotatable bonds is 3. The Balaban J connectivity index is 2.92. The summed E-state index contributed by atoms with van der Waals surface area (Å²) in [4.78, 5) is 4.65. The molecule has 84 valence electrons. The summed E-state index contributed by atoms with van der Waals surface area (Å²) in [6.45, 7) is 1.72. The SMILES string of the molecule is CON[C@@H](C)c1cccc(C(F)(F)F)c1. The van der Waals surface area contributed by atoms with Gasteiger partial charge in [0.15, 0.2) is 0 Å². The summed E-state index contributed by atoms with van der Waals surface area (Å²) in [6, 6.07) is 4.87. The van der Waals surface area contributed by atoms with Crippen LogP contribution in [0.1, 0.15) is 24.1 Å². The third-order valence-electron chi connectivity index (χ3n) is 2.01. The predicted molar refractivity (Wildman–Crippen MR) is 50.0 cm³/mol. The monoisotopic (exact) mass is 219 g/mol. The Bertz CT molecular complexity index is 325. The van der Waals surface area contributed by atoms with Crippen LogP contribution in [0, 0.1) is 0 Å². The third kappa shape index (κ3) is 3.21. The van der Waals surface area contributed by atoms with Gasteiger partial charge in [-0.3, -0.25) is 0 Å². The Hall–Kier alpha value is -1.07. The van der Waals surface area contributed by atoms with Crippen LogP contribution in [0.25, 0.3) is 0 Å². The highest BCUT2D eigenvalue weighted by molar-refractivity contribution is 5.27. The van der Waals surface area contributed by atoms with Gasteiger partial charge in [0.25, 0.3) is 0 Å². The van der Waals surface area contributed by atoms with E-state index in [1.165, 1.54) is 13.2 Å². The number of nitrogens with one attached hydrogen (secondary N) is 1. The van der Waals surface area contributed by atoms with Crippen molar-refractivity contribution < 1.29 is 18.0 Å². The van der Waals surface area contributed by atoms with Gasteiger partial charge < -0.3 is 4.84 Å². The van der Waals surface area contributed by atoms with E-state index in [0.717, 1.165) is 12.1 Å². The van der Waals surface area contributed by atoms with Crippen molar-refractivity contribution in [2.75, 3.05) is 7.11 Å². The van der Waals surface area contributed by atoms with Gasteiger partial charge in [-0.05, 0) is 24.6 Å². The van der Waals surface area contributed by atoms with Crippen molar-refractivity contribution in [1.82, 2.24) is 5.48 Å². The molecule has 0 saturated carbocycles. The van der Waals surface area contributed by atoms with E-state index in [0.29, 0.717) is 5.56 Å². The van der Waals surface area contributed by atoms with Gasteiger partial charge in [-0.1, -0.05) is 12.1 Å². The van der Waals surface area contributed by atoms with E-state index < -0.39 is 11.7 Å². The quantitative estimate of drug-likeness (QED) is 0.789. The number of hydrogen-bond donors (Lipinski definition) is 1. The average molecular weight is 219 g/mol. The van der Waals surface area contributed by atoms with Gasteiger partial charge in [0.05, 0.1) is 18.7 Å². The van der Waals surface area contributed by atoms with Crippen molar-refractivity contribution >= 4 is 0 Å². The van der Waals surface area contributed by atoms with Crippen LogP contribution < -0.4 is 5.48 Å². The summed E-state index contributed by atoms with van der Waals surface area (Å²) in [6.07, 6.45) is -4.30. The van der Waals surface area contributed by atoms with Crippen molar-refractivity contribution in [1.29, 1.82) is 0 Å². The van der Waals surface area contributed by atoms with Crippen molar-refractivity contribution in [3.8, 4) is 0 Å². The molecule has 0 amide bonds. The number of hydroxylamine groups is 1. The highest BCUT2D eigenvalue weighted by Crippen LogP contribution is 2.30. The van der Waals surface area contributed by atoms with Crippen LogP contribution in [-0.4, -0.2) is 7.11 Å². The minimum Gasteiger partial charge on any atom is -0.305 e. The normalized spacial score (nSPS) is 13.9. The molecule has 1 aromatic rings. The Kier molecular flexibility index (Phi) is 3.71. The fourth-order valence-corrected chi connectivity index (χ4v) is 1.23. The lowest BCUT2D eigenvalue weighted by Gasteiger charge is -2.14. The topological polar surface area (TPSA) is 21.3 Å². The Morgan fingerprint density at radius 2 is 2.00 bits per heavy atom. The second-order valence-corrected chi connectivity index (χ2v) is 3.17. The molecule has 0 aliphatic carbocycles. The maximum atomic E-state index is 12.4. The molecule has 0 bridgehead atoms. The predicted octanol–water partition coefficient (Wildman–Crippen LogP) is 2.92. The Morgan fingerprint density at radius 1 is 1.33 bits per heavy atom. The smallest absolute Gasteiger partial charge is 0.305 e. The molecule has 1 aromatic carbocycles. The number of hydrogen-bond acceptors (Lipinski definition) is 2. The van der Waals surface area contributed by atoms with Gasteiger partial charge in [0.1, 0.15) is 0 Å². The van der Waals surface area contributed by atoms with E-state index in [4.69, 9.17) is 0 Å². The molecule has 0 saturated heterocycles. The zero-order valence-corrected chi connectivity index (χ0v) is 8.43. The summed E-state index contributed by atoms with van der Waals surface area (Å²) in [7, 11) is 1.42. The van der Waals surface area contributed by atoms with Crippen LogP contribution >= 0.6 is 0 Å². The van der Waals surface area contributed by atoms with Gasteiger partial charge in [-0.15, -0.1) is 0 Å². The van der Waals surface area contributed by atoms with E-state index >= 15 is 0 Å². The molecule has 0 unspecified atom stereocenters. The number of benzene rings is 1. The number of alkyl halides is 3. The van der Waals surface area contributed by atoms with Crippen LogP contribution in [0.4, 0.5) is 13.2 Å². The summed E-state index contributed by atoms with van der Waals surface area (Å²) < 4.78 is 37.1. The molecule has 1 atom stereocenters. The van der Waals surface area contributed by atoms with Crippen molar-refractivity contribution in [2.24, 2.45) is 0 Å². The molecular weight excluding hydrogens is 207 g/mol. The van der Waals surface area contributed by atoms with E-state index in [1.807, 2.05) is 0 Å². The average Bonchev–Trinajstić information content (AvgIpc) is 2.17. The number of halogens is 3. The first-order chi connectivity index (χ1) is 6.95. The molecule has 0 aromatic heterocycles. The summed E-state index contributed by atoms with van der Waals surface area (Å²) in [5.74, 6) is 0. The molecular formula is C10H12F3NO. The standard InChI is InChI=1S/C10H12F3NO/c1-7(14-15-2)8-4-3-5-9(6-8)10(11,12)13/h3-7,14H,1-2H3/t7-/m0/s1. The molecule has 1 rings (SSSR count). The van der Waals surface area contributed by atoms with Crippen molar-refractivity contribution in [2.45, 2.75) is 19.1 Å². The van der Waals surface area contributed by atoms with E-state index in [-0.39, 0.29) is 6.04 Å². The van der Waals surface area contributed by atoms with Crippen LogP contribution in [-0.2, 0) is 11.0 Å². The first kappa shape index (κ1) is 12.0. The molecule has 0 fully saturated rings. The molecule has 0 aliphatic rings. The van der Waals surface area contributed by atoms with Gasteiger partial charge >= 0.3 is 6.18 Å². The fraction of sp³-hybridized carbons (Fsp3) is 0.400. The minimum atomic E-state index is -4.30. The molecule has 1 N–H and O–H groups in total. The highest BCUT2D eigenvalue weighted by atomic mass is 19.4. The summed E-state index contributed by atoms with van der Waals surface area (Å²) >= 11 is 0. The van der Waals surface area contributed by atoms with Crippen LogP contribution in [0.3, 0.4) is 0 Å². The molecule has 5 heteroatoms. The molecule has 0 heterocycles. The van der Waals surface area contributed by atoms with E-state index in [9.17, 15) is 13.2 Å². The highest BCUT2D eigenvalue weighted by Gasteiger charge is 2.30. The molecule has 2 nitrogen and oxygen atoms in total.